The third-order valence-corrected chi connectivity index (χ3v) is 9.85. The Balaban J connectivity index is 1.33. The smallest absolute Gasteiger partial charge is 0.174 e. The van der Waals surface area contributed by atoms with E-state index >= 15 is 0 Å². The zero-order valence-corrected chi connectivity index (χ0v) is 32.9. The molecule has 1 aromatic heterocycles. The van der Waals surface area contributed by atoms with Crippen molar-refractivity contribution in [3.8, 4) is 29.3 Å². The van der Waals surface area contributed by atoms with E-state index in [4.69, 9.17) is 19.6 Å². The minimum Gasteiger partial charge on any atom is -0.487 e. The van der Waals surface area contributed by atoms with Gasteiger partial charge in [-0.15, -0.1) is 0 Å². The first-order valence-electron chi connectivity index (χ1n) is 15.4. The van der Waals surface area contributed by atoms with E-state index < -0.39 is 0 Å². The van der Waals surface area contributed by atoms with E-state index in [1.165, 1.54) is 0 Å². The van der Waals surface area contributed by atoms with Crippen molar-refractivity contribution >= 4 is 87.4 Å². The van der Waals surface area contributed by atoms with Crippen LogP contribution in [0, 0.1) is 22.7 Å². The molecule has 1 heterocycles. The maximum atomic E-state index is 10.4. The zero-order valence-electron chi connectivity index (χ0n) is 26.6. The third-order valence-electron chi connectivity index (χ3n) is 7.49. The summed E-state index contributed by atoms with van der Waals surface area (Å²) in [6.45, 7) is 0.799. The second-order valence-corrected chi connectivity index (χ2v) is 14.4. The lowest BCUT2D eigenvalue weighted by Gasteiger charge is -2.11. The number of hydrogen-bond donors (Lipinski definition) is 0. The van der Waals surface area contributed by atoms with Crippen LogP contribution in [0.4, 0.5) is 5.82 Å². The van der Waals surface area contributed by atoms with E-state index in [0.717, 1.165) is 25.6 Å². The Bertz CT molecular complexity index is 2280. The van der Waals surface area contributed by atoms with Crippen molar-refractivity contribution in [2.75, 3.05) is 0 Å². The van der Waals surface area contributed by atoms with Gasteiger partial charge in [0.25, 0.3) is 0 Å². The Morgan fingerprint density at radius 1 is 0.686 bits per heavy atom. The molecular weight excluding hydrogens is 902 g/mol. The second kappa shape index (κ2) is 17.0. The van der Waals surface area contributed by atoms with Crippen LogP contribution in [0.2, 0.25) is 0 Å². The van der Waals surface area contributed by atoms with Crippen molar-refractivity contribution in [1.82, 2.24) is 9.78 Å². The first-order valence-corrected chi connectivity index (χ1v) is 18.6. The van der Waals surface area contributed by atoms with E-state index in [0.29, 0.717) is 44.9 Å². The molecule has 5 aromatic carbocycles. The van der Waals surface area contributed by atoms with Gasteiger partial charge in [-0.2, -0.15) is 15.6 Å². The highest BCUT2D eigenvalue weighted by molar-refractivity contribution is 9.11. The van der Waals surface area contributed by atoms with Crippen molar-refractivity contribution in [3.05, 3.63) is 167 Å². The van der Waals surface area contributed by atoms with Gasteiger partial charge >= 0.3 is 0 Å². The molecular formula is C40H25Br4N5O2. The summed E-state index contributed by atoms with van der Waals surface area (Å²) < 4.78 is 16.6. The Labute approximate surface area is 329 Å². The van der Waals surface area contributed by atoms with Crippen LogP contribution in [-0.4, -0.2) is 16.0 Å². The van der Waals surface area contributed by atoms with Crippen LogP contribution in [0.3, 0.4) is 0 Å². The van der Waals surface area contributed by atoms with Gasteiger partial charge in [-0.05, 0) is 128 Å². The van der Waals surface area contributed by atoms with Gasteiger partial charge in [0.05, 0.1) is 29.2 Å². The van der Waals surface area contributed by atoms with Crippen molar-refractivity contribution < 1.29 is 9.47 Å². The molecule has 0 saturated heterocycles. The number of aromatic nitrogens is 2. The molecule has 0 aliphatic heterocycles. The summed E-state index contributed by atoms with van der Waals surface area (Å²) in [6.07, 6.45) is 3.33. The molecule has 0 bridgehead atoms. The maximum Gasteiger partial charge on any atom is 0.174 e. The molecule has 0 N–H and O–H groups in total. The molecule has 6 rings (SSSR count). The molecule has 250 valence electrons. The minimum absolute atomic E-state index is 0.157. The van der Waals surface area contributed by atoms with E-state index in [1.54, 1.807) is 17.0 Å². The van der Waals surface area contributed by atoms with Crippen molar-refractivity contribution in [1.29, 1.82) is 10.5 Å². The summed E-state index contributed by atoms with van der Waals surface area (Å²) >= 11 is 14.5. The molecule has 0 unspecified atom stereocenters. The monoisotopic (exact) mass is 923 g/mol. The standard InChI is InChI=1S/C40H25Br4N5O2/c41-33-17-28(18-34(42)38(33)50-24-26-10-4-1-5-11-26)16-30(21-45)37-32(22-46)40(49(48-37)31-14-8-3-9-15-31)47-23-29-19-35(43)39(36(44)20-29)51-25-27-12-6-2-7-13-27/h1-20,23H,24-25H2/b30-16+,47-23?. The van der Waals surface area contributed by atoms with Gasteiger partial charge in [-0.1, -0.05) is 78.9 Å². The highest BCUT2D eigenvalue weighted by Crippen LogP contribution is 2.38. The summed E-state index contributed by atoms with van der Waals surface area (Å²) in [7, 11) is 0. The Hall–Kier alpha value is -4.78. The van der Waals surface area contributed by atoms with Gasteiger partial charge in [0, 0.05) is 6.21 Å². The SMILES string of the molecule is N#C/C(=C\c1cc(Br)c(OCc2ccccc2)c(Br)c1)c1nn(-c2ccccc2)c(N=Cc2cc(Br)c(OCc3ccccc3)c(Br)c2)c1C#N. The Morgan fingerprint density at radius 3 is 1.63 bits per heavy atom. The van der Waals surface area contributed by atoms with Gasteiger partial charge in [-0.25, -0.2) is 9.67 Å². The van der Waals surface area contributed by atoms with Gasteiger partial charge in [0.15, 0.2) is 5.82 Å². The Morgan fingerprint density at radius 2 is 1.16 bits per heavy atom. The number of halogens is 4. The fourth-order valence-electron chi connectivity index (χ4n) is 5.08. The number of ether oxygens (including phenoxy) is 2. The molecule has 11 heteroatoms. The van der Waals surface area contributed by atoms with E-state index in [1.807, 2.05) is 115 Å². The van der Waals surface area contributed by atoms with Gasteiger partial charge < -0.3 is 9.47 Å². The number of benzene rings is 5. The first-order chi connectivity index (χ1) is 24.8. The molecule has 0 aliphatic carbocycles. The minimum atomic E-state index is 0.157. The molecule has 51 heavy (non-hydrogen) atoms. The van der Waals surface area contributed by atoms with Crippen LogP contribution in [0.1, 0.15) is 33.5 Å². The quantitative estimate of drug-likeness (QED) is 0.0952. The van der Waals surface area contributed by atoms with Crippen molar-refractivity contribution in [2.45, 2.75) is 13.2 Å². The lowest BCUT2D eigenvalue weighted by molar-refractivity contribution is 0.302. The molecule has 0 amide bonds. The average molecular weight is 927 g/mol. The topological polar surface area (TPSA) is 96.2 Å². The number of allylic oxidation sites excluding steroid dienone is 1. The normalized spacial score (nSPS) is 11.3. The molecule has 0 atom stereocenters. The summed E-state index contributed by atoms with van der Waals surface area (Å²) in [6, 6.07) is 41.1. The summed E-state index contributed by atoms with van der Waals surface area (Å²) in [5.41, 5.74) is 4.77. The second-order valence-electron chi connectivity index (χ2n) is 11.0. The summed E-state index contributed by atoms with van der Waals surface area (Å²) in [5.74, 6) is 1.57. The van der Waals surface area contributed by atoms with Crippen LogP contribution >= 0.6 is 63.7 Å². The largest absolute Gasteiger partial charge is 0.487 e. The first kappa shape index (κ1) is 36.0. The molecule has 0 aliphatic rings. The van der Waals surface area contributed by atoms with Crippen LogP contribution in [0.15, 0.2) is 138 Å². The molecule has 0 radical (unpaired) electrons. The number of hydrogen-bond acceptors (Lipinski definition) is 6. The Kier molecular flexibility index (Phi) is 12.0. The number of para-hydroxylation sites is 1. The predicted molar refractivity (Wildman–Crippen MR) is 214 cm³/mol. The number of rotatable bonds is 11. The number of nitrogens with zero attached hydrogens (tertiary/aromatic N) is 5. The van der Waals surface area contributed by atoms with Crippen LogP contribution in [0.5, 0.6) is 11.5 Å². The lowest BCUT2D eigenvalue weighted by Crippen LogP contribution is -1.98. The fourth-order valence-corrected chi connectivity index (χ4v) is 7.98. The zero-order chi connectivity index (χ0) is 35.7. The van der Waals surface area contributed by atoms with Crippen molar-refractivity contribution in [3.63, 3.8) is 0 Å². The summed E-state index contributed by atoms with van der Waals surface area (Å²) in [5, 5.41) is 25.6. The maximum absolute atomic E-state index is 10.4. The van der Waals surface area contributed by atoms with E-state index in [2.05, 4.69) is 75.9 Å². The molecule has 0 spiro atoms. The predicted octanol–water partition coefficient (Wildman–Crippen LogP) is 11.8. The lowest BCUT2D eigenvalue weighted by atomic mass is 10.1. The fraction of sp³-hybridized carbons (Fsp3) is 0.0500. The van der Waals surface area contributed by atoms with Crippen LogP contribution in [0.25, 0.3) is 17.3 Å². The highest BCUT2D eigenvalue weighted by atomic mass is 79.9. The van der Waals surface area contributed by atoms with Gasteiger partial charge in [-0.3, -0.25) is 0 Å². The van der Waals surface area contributed by atoms with Crippen LogP contribution < -0.4 is 9.47 Å². The highest BCUT2D eigenvalue weighted by Gasteiger charge is 2.22. The molecule has 6 aromatic rings. The van der Waals surface area contributed by atoms with Gasteiger partial charge in [0.2, 0.25) is 0 Å². The van der Waals surface area contributed by atoms with Gasteiger partial charge in [0.1, 0.15) is 48.1 Å². The van der Waals surface area contributed by atoms with Crippen molar-refractivity contribution in [2.24, 2.45) is 4.99 Å². The van der Waals surface area contributed by atoms with E-state index in [9.17, 15) is 10.5 Å². The molecule has 7 nitrogen and oxygen atoms in total. The molecule has 0 saturated carbocycles. The van der Waals surface area contributed by atoms with E-state index in [-0.39, 0.29) is 22.6 Å². The number of nitriles is 2. The van der Waals surface area contributed by atoms with Crippen LogP contribution in [-0.2, 0) is 13.2 Å². The molecule has 0 fully saturated rings. The third kappa shape index (κ3) is 8.76. The summed E-state index contributed by atoms with van der Waals surface area (Å²) in [4.78, 5) is 4.76. The number of aliphatic imine (C=N–C) groups is 1. The average Bonchev–Trinajstić information content (AvgIpc) is 3.51.